The van der Waals surface area contributed by atoms with E-state index in [1.807, 2.05) is 24.3 Å². The van der Waals surface area contributed by atoms with E-state index >= 15 is 0 Å². The Morgan fingerprint density at radius 2 is 1.18 bits per heavy atom. The molecule has 0 saturated heterocycles. The first kappa shape index (κ1) is 17.7. The third-order valence-electron chi connectivity index (χ3n) is 12.4. The van der Waals surface area contributed by atoms with Gasteiger partial charge in [0.2, 0.25) is 0 Å². The van der Waals surface area contributed by atoms with E-state index in [1.54, 1.807) is 0 Å². The topological polar surface area (TPSA) is 88.0 Å². The van der Waals surface area contributed by atoms with Crippen molar-refractivity contribution in [1.29, 1.82) is 10.5 Å². The van der Waals surface area contributed by atoms with Gasteiger partial charge in [-0.2, -0.15) is 10.5 Å². The molecular formula is C29H26N2O2. The minimum atomic E-state index is -0.735. The molecule has 0 spiro atoms. The van der Waals surface area contributed by atoms with Crippen LogP contribution < -0.4 is 0 Å². The Bertz CT molecular complexity index is 1280. The molecule has 164 valence electrons. The van der Waals surface area contributed by atoms with Crippen molar-refractivity contribution >= 4 is 10.8 Å². The van der Waals surface area contributed by atoms with Gasteiger partial charge in [0.25, 0.3) is 0 Å². The molecule has 0 heterocycles. The molecule has 2 N–H and O–H groups in total. The highest BCUT2D eigenvalue weighted by Gasteiger charge is 2.80. The maximum atomic E-state index is 11.3. The summed E-state index contributed by atoms with van der Waals surface area (Å²) in [5, 5.41) is 44.4. The number of phenols is 2. The molecule has 0 aliphatic heterocycles. The van der Waals surface area contributed by atoms with Crippen molar-refractivity contribution in [2.45, 2.75) is 37.5 Å². The van der Waals surface area contributed by atoms with Crippen LogP contribution in [0.25, 0.3) is 10.8 Å². The Morgan fingerprint density at radius 3 is 1.64 bits per heavy atom. The van der Waals surface area contributed by atoms with Crippen molar-refractivity contribution < 1.29 is 10.2 Å². The number of fused-ring (bicyclic) bond motifs is 23. The summed E-state index contributed by atoms with van der Waals surface area (Å²) < 4.78 is 0. The van der Waals surface area contributed by atoms with Crippen LogP contribution in [0, 0.1) is 87.3 Å². The van der Waals surface area contributed by atoms with E-state index in [4.69, 9.17) is 0 Å². The minimum absolute atomic E-state index is 0.282. The van der Waals surface area contributed by atoms with Crippen molar-refractivity contribution in [3.8, 4) is 23.6 Å². The number of phenolic OH excluding ortho intramolecular Hbond substituents is 2. The highest BCUT2D eigenvalue weighted by atomic mass is 16.3. The third kappa shape index (κ3) is 1.53. The van der Waals surface area contributed by atoms with Gasteiger partial charge in [0.1, 0.15) is 16.9 Å². The van der Waals surface area contributed by atoms with E-state index in [9.17, 15) is 20.7 Å². The van der Waals surface area contributed by atoms with Crippen LogP contribution in [-0.4, -0.2) is 10.2 Å². The van der Waals surface area contributed by atoms with Crippen LogP contribution in [0.2, 0.25) is 0 Å². The van der Waals surface area contributed by atoms with E-state index in [1.165, 1.54) is 6.42 Å². The fraction of sp³-hybridized carbons (Fsp3) is 0.586. The predicted molar refractivity (Wildman–Crippen MR) is 120 cm³/mol. The van der Waals surface area contributed by atoms with Gasteiger partial charge in [-0.1, -0.05) is 24.3 Å². The van der Waals surface area contributed by atoms with Crippen LogP contribution in [-0.2, 0) is 0 Å². The number of nitrogens with zero attached hydrogens (tertiary/aromatic N) is 2. The summed E-state index contributed by atoms with van der Waals surface area (Å²) in [6.07, 6.45) is 4.51. The molecule has 2 aromatic rings. The molecule has 6 fully saturated rings. The molecule has 2 aromatic carbocycles. The molecule has 6 saturated carbocycles. The second-order valence-corrected chi connectivity index (χ2v) is 12.4. The lowest BCUT2D eigenvalue weighted by atomic mass is 9.44. The number of hydrogen-bond acceptors (Lipinski definition) is 4. The number of aromatic hydroxyl groups is 2. The average Bonchev–Trinajstić information content (AvgIpc) is 3.63. The van der Waals surface area contributed by atoms with Crippen LogP contribution in [0.15, 0.2) is 24.3 Å². The summed E-state index contributed by atoms with van der Waals surface area (Å²) >= 11 is 0. The maximum Gasteiger partial charge on any atom is 0.149 e. The third-order valence-corrected chi connectivity index (χ3v) is 12.4. The van der Waals surface area contributed by atoms with Gasteiger partial charge in [-0.15, -0.1) is 0 Å². The average molecular weight is 435 g/mol. The first-order valence-corrected chi connectivity index (χ1v) is 12.9. The lowest BCUT2D eigenvalue weighted by Crippen LogP contribution is -2.56. The van der Waals surface area contributed by atoms with Gasteiger partial charge in [0.05, 0.1) is 12.1 Å². The van der Waals surface area contributed by atoms with Crippen LogP contribution in [0.1, 0.15) is 48.6 Å². The first-order chi connectivity index (χ1) is 16.1. The largest absolute Gasteiger partial charge is 0.507 e. The lowest BCUT2D eigenvalue weighted by molar-refractivity contribution is -0.108. The van der Waals surface area contributed by atoms with E-state index in [-0.39, 0.29) is 11.8 Å². The van der Waals surface area contributed by atoms with Gasteiger partial charge < -0.3 is 10.2 Å². The highest BCUT2D eigenvalue weighted by molar-refractivity contribution is 5.96. The molecule has 9 rings (SSSR count). The van der Waals surface area contributed by atoms with Gasteiger partial charge in [0, 0.05) is 21.9 Å². The number of hydrogen-bond donors (Lipinski definition) is 2. The fourth-order valence-corrected chi connectivity index (χ4v) is 12.1. The van der Waals surface area contributed by atoms with Crippen molar-refractivity contribution in [1.82, 2.24) is 0 Å². The number of rotatable bonds is 0. The second-order valence-electron chi connectivity index (χ2n) is 12.4. The molecule has 33 heavy (non-hydrogen) atoms. The van der Waals surface area contributed by atoms with Crippen molar-refractivity contribution in [3.63, 3.8) is 0 Å². The van der Waals surface area contributed by atoms with Gasteiger partial charge in [-0.3, -0.25) is 0 Å². The van der Waals surface area contributed by atoms with E-state index in [0.29, 0.717) is 70.7 Å². The zero-order valence-corrected chi connectivity index (χ0v) is 18.4. The molecular weight excluding hydrogens is 408 g/mol. The molecule has 4 nitrogen and oxygen atoms in total. The Morgan fingerprint density at radius 1 is 0.697 bits per heavy atom. The van der Waals surface area contributed by atoms with Crippen LogP contribution in [0.3, 0.4) is 0 Å². The molecule has 7 aliphatic carbocycles. The molecule has 4 heteroatoms. The highest BCUT2D eigenvalue weighted by Crippen LogP contribution is 2.85. The molecule has 6 bridgehead atoms. The van der Waals surface area contributed by atoms with E-state index in [2.05, 4.69) is 12.1 Å². The quantitative estimate of drug-likeness (QED) is 0.336. The van der Waals surface area contributed by atoms with E-state index < -0.39 is 5.41 Å². The number of nitriles is 2. The van der Waals surface area contributed by atoms with Gasteiger partial charge >= 0.3 is 0 Å². The summed E-state index contributed by atoms with van der Waals surface area (Å²) in [5.74, 6) is 7.22. The van der Waals surface area contributed by atoms with Crippen LogP contribution >= 0.6 is 0 Å². The normalized spacial score (nSPS) is 49.8. The molecule has 12 atom stereocenters. The summed E-state index contributed by atoms with van der Waals surface area (Å²) in [6.45, 7) is 0. The van der Waals surface area contributed by atoms with Gasteiger partial charge in [-0.25, -0.2) is 0 Å². The maximum absolute atomic E-state index is 11.3. The smallest absolute Gasteiger partial charge is 0.149 e. The molecule has 0 unspecified atom stereocenters. The zero-order chi connectivity index (χ0) is 22.0. The molecule has 7 aliphatic rings. The summed E-state index contributed by atoms with van der Waals surface area (Å²) in [7, 11) is 0. The predicted octanol–water partition coefficient (Wildman–Crippen LogP) is 5.27. The van der Waals surface area contributed by atoms with Crippen LogP contribution in [0.5, 0.6) is 11.5 Å². The Balaban J connectivity index is 1.18. The SMILES string of the molecule is N#CC1(C#N)[C@@H]2CC[C@H]1[C@H]1[C@H]3C[C@H]([C@@H]4[C@H]3[C@@H]3[C@H]4[C@@H]4C[C@H]3c3c4c(O)c4ccccc4c3O)[C@H]12. The lowest BCUT2D eigenvalue weighted by Gasteiger charge is -2.60. The number of benzene rings is 2. The van der Waals surface area contributed by atoms with Crippen molar-refractivity contribution in [2.75, 3.05) is 0 Å². The first-order valence-electron chi connectivity index (χ1n) is 12.9. The Hall–Kier alpha value is -2.72. The summed E-state index contributed by atoms with van der Waals surface area (Å²) in [5.41, 5.74) is 1.36. The fourth-order valence-electron chi connectivity index (χ4n) is 12.1. The Labute approximate surface area is 192 Å². The second kappa shape index (κ2) is 5.17. The minimum Gasteiger partial charge on any atom is -0.507 e. The molecule has 0 amide bonds. The van der Waals surface area contributed by atoms with Crippen LogP contribution in [0.4, 0.5) is 0 Å². The monoisotopic (exact) mass is 434 g/mol. The van der Waals surface area contributed by atoms with Gasteiger partial charge in [-0.05, 0) is 96.7 Å². The summed E-state index contributed by atoms with van der Waals surface area (Å²) in [6, 6.07) is 12.8. The summed E-state index contributed by atoms with van der Waals surface area (Å²) in [4.78, 5) is 0. The zero-order valence-electron chi connectivity index (χ0n) is 18.4. The van der Waals surface area contributed by atoms with Crippen molar-refractivity contribution in [2.24, 2.45) is 64.6 Å². The van der Waals surface area contributed by atoms with Crippen molar-refractivity contribution in [3.05, 3.63) is 35.4 Å². The molecule has 0 aromatic heterocycles. The van der Waals surface area contributed by atoms with E-state index in [0.717, 1.165) is 41.2 Å². The van der Waals surface area contributed by atoms with Gasteiger partial charge in [0.15, 0.2) is 0 Å². The molecule has 0 radical (unpaired) electrons. The standard InChI is InChI=1S/C29H26N2O2/c30-9-29(10-31)17-5-6-18(29)20-14-7-13(19(17)20)21-22(14)24-16-8-15(23(21)24)25-26(16)28(33)12-4-2-1-3-11(12)27(25)32/h1-4,13-24,32-33H,5-8H2/t13-,14+,15-,16+,17+,18-,19-,20+,21+,22-,23-,24+. The Kier molecular flexibility index (Phi) is 2.78.